The van der Waals surface area contributed by atoms with Crippen molar-refractivity contribution in [3.8, 4) is 16.4 Å². The second-order valence-corrected chi connectivity index (χ2v) is 8.63. The Hall–Kier alpha value is -2.69. The van der Waals surface area contributed by atoms with Crippen LogP contribution < -0.4 is 9.46 Å². The van der Waals surface area contributed by atoms with Gasteiger partial charge in [-0.25, -0.2) is 17.9 Å². The first-order valence-corrected chi connectivity index (χ1v) is 10.6. The van der Waals surface area contributed by atoms with Crippen LogP contribution in [0, 0.1) is 0 Å². The van der Waals surface area contributed by atoms with Crippen LogP contribution in [0.4, 0.5) is 0 Å². The van der Waals surface area contributed by atoms with Gasteiger partial charge in [0.1, 0.15) is 9.96 Å². The smallest absolute Gasteiger partial charge is 0.360 e. The normalized spacial score (nSPS) is 11.4. The van der Waals surface area contributed by atoms with E-state index in [1.807, 2.05) is 6.07 Å². The monoisotopic (exact) mass is 422 g/mol. The molecule has 8 nitrogen and oxygen atoms in total. The predicted molar refractivity (Wildman–Crippen MR) is 103 cm³/mol. The van der Waals surface area contributed by atoms with Crippen LogP contribution in [0.25, 0.3) is 10.6 Å². The third-order valence-corrected chi connectivity index (χ3v) is 6.72. The molecule has 0 aliphatic carbocycles. The molecular weight excluding hydrogens is 404 g/mol. The van der Waals surface area contributed by atoms with Gasteiger partial charge in [0.05, 0.1) is 18.6 Å². The minimum Gasteiger partial charge on any atom is -0.496 e. The van der Waals surface area contributed by atoms with Gasteiger partial charge in [-0.1, -0.05) is 23.4 Å². The maximum atomic E-state index is 12.6. The van der Waals surface area contributed by atoms with Gasteiger partial charge in [-0.3, -0.25) is 0 Å². The molecule has 3 rings (SSSR count). The highest BCUT2D eigenvalue weighted by Crippen LogP contribution is 2.31. The van der Waals surface area contributed by atoms with Gasteiger partial charge in [-0.15, -0.1) is 11.3 Å². The second-order valence-electron chi connectivity index (χ2n) is 5.55. The number of nitrogens with one attached hydrogen (secondary N) is 1. The van der Waals surface area contributed by atoms with Gasteiger partial charge in [0.15, 0.2) is 11.5 Å². The molecule has 0 radical (unpaired) electrons. The van der Waals surface area contributed by atoms with Crippen LogP contribution >= 0.6 is 11.3 Å². The van der Waals surface area contributed by atoms with Gasteiger partial charge in [0.25, 0.3) is 0 Å². The third kappa shape index (κ3) is 4.41. The van der Waals surface area contributed by atoms with E-state index in [1.54, 1.807) is 31.2 Å². The number of methoxy groups -OCH3 is 1. The van der Waals surface area contributed by atoms with Crippen LogP contribution in [0.5, 0.6) is 5.75 Å². The Morgan fingerprint density at radius 1 is 1.25 bits per heavy atom. The minimum absolute atomic E-state index is 0.0314. The SMILES string of the molecule is CCOC(=O)c1cc(-c2ccc(S(=O)(=O)NCc3ccccc3OC)s2)on1. The number of rotatable bonds is 8. The molecular formula is C18H18N2O6S2. The summed E-state index contributed by atoms with van der Waals surface area (Å²) in [5.74, 6) is 0.296. The molecule has 148 valence electrons. The zero-order chi connectivity index (χ0) is 20.1. The molecule has 0 saturated carbocycles. The number of aromatic nitrogens is 1. The zero-order valence-corrected chi connectivity index (χ0v) is 16.8. The van der Waals surface area contributed by atoms with Crippen molar-refractivity contribution in [2.45, 2.75) is 17.7 Å². The average molecular weight is 422 g/mol. The molecule has 3 aromatic rings. The molecule has 0 fully saturated rings. The van der Waals surface area contributed by atoms with Crippen LogP contribution in [-0.4, -0.2) is 33.3 Å². The molecule has 10 heteroatoms. The molecule has 2 heterocycles. The predicted octanol–water partition coefficient (Wildman–Crippen LogP) is 3.07. The first-order valence-electron chi connectivity index (χ1n) is 8.30. The van der Waals surface area contributed by atoms with E-state index in [4.69, 9.17) is 14.0 Å². The summed E-state index contributed by atoms with van der Waals surface area (Å²) >= 11 is 1.01. The number of sulfonamides is 1. The lowest BCUT2D eigenvalue weighted by Crippen LogP contribution is -2.22. The molecule has 0 atom stereocenters. The van der Waals surface area contributed by atoms with Crippen molar-refractivity contribution >= 4 is 27.3 Å². The summed E-state index contributed by atoms with van der Waals surface area (Å²) in [4.78, 5) is 12.2. The number of thiophene rings is 1. The van der Waals surface area contributed by atoms with E-state index in [2.05, 4.69) is 9.88 Å². The topological polar surface area (TPSA) is 108 Å². The second kappa shape index (κ2) is 8.55. The van der Waals surface area contributed by atoms with Gasteiger partial charge in [-0.2, -0.15) is 0 Å². The third-order valence-electron chi connectivity index (χ3n) is 3.73. The van der Waals surface area contributed by atoms with Crippen molar-refractivity contribution in [3.63, 3.8) is 0 Å². The summed E-state index contributed by atoms with van der Waals surface area (Å²) in [6.07, 6.45) is 0. The summed E-state index contributed by atoms with van der Waals surface area (Å²) in [6.45, 7) is 2.00. The molecule has 0 saturated heterocycles. The number of nitrogens with zero attached hydrogens (tertiary/aromatic N) is 1. The van der Waals surface area contributed by atoms with Gasteiger partial charge in [-0.05, 0) is 25.1 Å². The number of esters is 1. The Labute approximate surface area is 166 Å². The molecule has 0 bridgehead atoms. The molecule has 0 unspecified atom stereocenters. The molecule has 0 aliphatic heterocycles. The van der Waals surface area contributed by atoms with Gasteiger partial charge < -0.3 is 14.0 Å². The molecule has 0 amide bonds. The molecule has 1 aromatic carbocycles. The average Bonchev–Trinajstić information content (AvgIpc) is 3.36. The fourth-order valence-electron chi connectivity index (χ4n) is 2.38. The molecule has 0 aliphatic rings. The summed E-state index contributed by atoms with van der Waals surface area (Å²) in [5, 5.41) is 3.66. The number of ether oxygens (including phenoxy) is 2. The van der Waals surface area contributed by atoms with Gasteiger partial charge in [0, 0.05) is 18.2 Å². The maximum Gasteiger partial charge on any atom is 0.360 e. The Bertz CT molecular complexity index is 1070. The summed E-state index contributed by atoms with van der Waals surface area (Å²) in [6, 6.07) is 11.6. The highest BCUT2D eigenvalue weighted by atomic mass is 32.2. The van der Waals surface area contributed by atoms with Crippen LogP contribution in [0.1, 0.15) is 23.0 Å². The van der Waals surface area contributed by atoms with E-state index >= 15 is 0 Å². The maximum absolute atomic E-state index is 12.6. The fourth-order valence-corrected chi connectivity index (χ4v) is 4.69. The van der Waals surface area contributed by atoms with Crippen LogP contribution in [0.15, 0.2) is 51.2 Å². The molecule has 1 N–H and O–H groups in total. The van der Waals surface area contributed by atoms with E-state index in [9.17, 15) is 13.2 Å². The van der Waals surface area contributed by atoms with Crippen molar-refractivity contribution in [3.05, 3.63) is 53.7 Å². The van der Waals surface area contributed by atoms with Crippen molar-refractivity contribution < 1.29 is 27.2 Å². The number of hydrogen-bond donors (Lipinski definition) is 1. The van der Waals surface area contributed by atoms with E-state index in [1.165, 1.54) is 19.2 Å². The molecule has 2 aromatic heterocycles. The largest absolute Gasteiger partial charge is 0.496 e. The Balaban J connectivity index is 1.74. The summed E-state index contributed by atoms with van der Waals surface area (Å²) in [5.41, 5.74) is 0.753. The zero-order valence-electron chi connectivity index (χ0n) is 15.2. The number of hydrogen-bond acceptors (Lipinski definition) is 8. The molecule has 0 spiro atoms. The van der Waals surface area contributed by atoms with Gasteiger partial charge in [0.2, 0.25) is 10.0 Å². The van der Waals surface area contributed by atoms with Crippen LogP contribution in [0.3, 0.4) is 0 Å². The standard InChI is InChI=1S/C18H18N2O6S2/c1-3-25-18(21)13-10-15(26-20-13)16-8-9-17(27-16)28(22,23)19-11-12-6-4-5-7-14(12)24-2/h4-10,19H,3,11H2,1-2H3. The van der Waals surface area contributed by atoms with E-state index in [0.717, 1.165) is 16.9 Å². The number of para-hydroxylation sites is 1. The Morgan fingerprint density at radius 3 is 2.79 bits per heavy atom. The van der Waals surface area contributed by atoms with E-state index in [0.29, 0.717) is 16.4 Å². The number of benzene rings is 1. The fraction of sp³-hybridized carbons (Fsp3) is 0.222. The number of carbonyl (C=O) groups is 1. The van der Waals surface area contributed by atoms with E-state index in [-0.39, 0.29) is 23.1 Å². The van der Waals surface area contributed by atoms with Crippen LogP contribution in [-0.2, 0) is 21.3 Å². The van der Waals surface area contributed by atoms with Crippen molar-refractivity contribution in [2.75, 3.05) is 13.7 Å². The lowest BCUT2D eigenvalue weighted by molar-refractivity contribution is 0.0514. The lowest BCUT2D eigenvalue weighted by Gasteiger charge is -2.09. The number of carbonyl (C=O) groups excluding carboxylic acids is 1. The summed E-state index contributed by atoms with van der Waals surface area (Å²) < 4.78 is 43.1. The quantitative estimate of drug-likeness (QED) is 0.556. The van der Waals surface area contributed by atoms with Crippen molar-refractivity contribution in [1.82, 2.24) is 9.88 Å². The Kier molecular flexibility index (Phi) is 6.12. The Morgan fingerprint density at radius 2 is 2.04 bits per heavy atom. The summed E-state index contributed by atoms with van der Waals surface area (Å²) in [7, 11) is -2.20. The van der Waals surface area contributed by atoms with Crippen molar-refractivity contribution in [2.24, 2.45) is 0 Å². The lowest BCUT2D eigenvalue weighted by atomic mass is 10.2. The highest BCUT2D eigenvalue weighted by Gasteiger charge is 2.21. The highest BCUT2D eigenvalue weighted by molar-refractivity contribution is 7.91. The van der Waals surface area contributed by atoms with Crippen LogP contribution in [0.2, 0.25) is 0 Å². The first-order chi connectivity index (χ1) is 13.4. The van der Waals surface area contributed by atoms with E-state index < -0.39 is 16.0 Å². The molecule has 28 heavy (non-hydrogen) atoms. The first kappa shape index (κ1) is 20.1. The minimum atomic E-state index is -3.73. The van der Waals surface area contributed by atoms with Crippen molar-refractivity contribution in [1.29, 1.82) is 0 Å². The van der Waals surface area contributed by atoms with Gasteiger partial charge >= 0.3 is 5.97 Å².